The number of fused-ring (bicyclic) bond motifs is 3. The van der Waals surface area contributed by atoms with Gasteiger partial charge in [0, 0.05) is 23.0 Å². The zero-order chi connectivity index (χ0) is 25.4. The molecule has 36 heavy (non-hydrogen) atoms. The molecule has 2 fully saturated rings. The maximum atomic E-state index is 13.0. The topological polar surface area (TPSA) is 76.1 Å². The van der Waals surface area contributed by atoms with Gasteiger partial charge in [0.05, 0.1) is 24.5 Å². The fourth-order valence-electron chi connectivity index (χ4n) is 5.79. The van der Waals surface area contributed by atoms with Crippen LogP contribution in [-0.2, 0) is 14.3 Å². The summed E-state index contributed by atoms with van der Waals surface area (Å²) in [6.45, 7) is 2.87. The first-order valence-corrected chi connectivity index (χ1v) is 13.1. The lowest BCUT2D eigenvalue weighted by atomic mass is 9.69. The molecule has 2 saturated heterocycles. The third kappa shape index (κ3) is 4.74. The lowest BCUT2D eigenvalue weighted by Crippen LogP contribution is -2.35. The number of amides is 2. The van der Waals surface area contributed by atoms with Gasteiger partial charge in [-0.05, 0) is 67.7 Å². The molecule has 0 radical (unpaired) electrons. The highest BCUT2D eigenvalue weighted by atomic mass is 79.9. The normalized spacial score (nSPS) is 25.9. The number of phenols is 1. The Hall–Kier alpha value is -2.90. The molecule has 0 saturated carbocycles. The van der Waals surface area contributed by atoms with Crippen LogP contribution in [0.15, 0.2) is 69.7 Å². The van der Waals surface area contributed by atoms with Crippen molar-refractivity contribution in [3.8, 4) is 11.5 Å². The number of carbonyl (C=O) groups excluding carboxylic acids is 2. The van der Waals surface area contributed by atoms with E-state index in [2.05, 4.69) is 15.9 Å². The predicted octanol–water partition coefficient (Wildman–Crippen LogP) is 5.36. The Kier molecular flexibility index (Phi) is 7.04. The van der Waals surface area contributed by atoms with Crippen molar-refractivity contribution in [1.82, 2.24) is 4.90 Å². The molecule has 188 valence electrons. The van der Waals surface area contributed by atoms with E-state index >= 15 is 0 Å². The number of hydrogen-bond donors (Lipinski definition) is 1. The summed E-state index contributed by atoms with van der Waals surface area (Å²) < 4.78 is 13.3. The van der Waals surface area contributed by atoms with Gasteiger partial charge in [-0.25, -0.2) is 0 Å². The molecule has 2 aromatic carbocycles. The summed E-state index contributed by atoms with van der Waals surface area (Å²) in [4.78, 5) is 27.1. The monoisotopic (exact) mass is 551 g/mol. The maximum absolute atomic E-state index is 13.0. The molecule has 3 aliphatic rings. The molecule has 7 heteroatoms. The Morgan fingerprint density at radius 3 is 2.72 bits per heavy atom. The van der Waals surface area contributed by atoms with E-state index in [0.29, 0.717) is 19.6 Å². The van der Waals surface area contributed by atoms with Gasteiger partial charge in [-0.2, -0.15) is 0 Å². The predicted molar refractivity (Wildman–Crippen MR) is 140 cm³/mol. The van der Waals surface area contributed by atoms with Crippen molar-refractivity contribution in [3.05, 3.63) is 75.3 Å². The van der Waals surface area contributed by atoms with Crippen LogP contribution in [-0.4, -0.2) is 48.2 Å². The molecule has 2 heterocycles. The van der Waals surface area contributed by atoms with Crippen molar-refractivity contribution >= 4 is 33.8 Å². The molecule has 0 bridgehead atoms. The molecule has 4 atom stereocenters. The number of halogens is 1. The van der Waals surface area contributed by atoms with E-state index in [1.165, 1.54) is 4.90 Å². The van der Waals surface area contributed by atoms with Crippen LogP contribution < -0.4 is 4.74 Å². The quantitative estimate of drug-likeness (QED) is 0.370. The molecule has 1 N–H and O–H groups in total. The Morgan fingerprint density at radius 2 is 1.94 bits per heavy atom. The number of rotatable bonds is 7. The number of ether oxygens (including phenoxy) is 2. The molecule has 6 nitrogen and oxygen atoms in total. The number of allylic oxidation sites excluding steroid dienone is 1. The Morgan fingerprint density at radius 1 is 1.17 bits per heavy atom. The molecule has 0 unspecified atom stereocenters. The van der Waals surface area contributed by atoms with Gasteiger partial charge < -0.3 is 14.6 Å². The van der Waals surface area contributed by atoms with Gasteiger partial charge in [-0.15, -0.1) is 0 Å². The van der Waals surface area contributed by atoms with Gasteiger partial charge in [0.25, 0.3) is 0 Å². The molecule has 2 aromatic rings. The largest absolute Gasteiger partial charge is 0.507 e. The average molecular weight is 552 g/mol. The highest BCUT2D eigenvalue weighted by molar-refractivity contribution is 9.10. The van der Waals surface area contributed by atoms with Gasteiger partial charge in [0.15, 0.2) is 0 Å². The van der Waals surface area contributed by atoms with Crippen LogP contribution >= 0.6 is 15.9 Å². The number of likely N-dealkylation sites (tertiary alicyclic amines) is 1. The number of nitrogens with zero attached hydrogens (tertiary/aromatic N) is 1. The lowest BCUT2D eigenvalue weighted by molar-refractivity contribution is -0.138. The first-order valence-electron chi connectivity index (χ1n) is 12.3. The molecule has 2 aliphatic heterocycles. The number of benzene rings is 2. The number of imide groups is 1. The molecule has 0 aromatic heterocycles. The second-order valence-corrected chi connectivity index (χ2v) is 10.8. The van der Waals surface area contributed by atoms with Crippen molar-refractivity contribution in [1.29, 1.82) is 0 Å². The Balaban J connectivity index is 1.38. The Labute approximate surface area is 219 Å². The maximum Gasteiger partial charge on any atom is 0.233 e. The van der Waals surface area contributed by atoms with Crippen LogP contribution in [0.2, 0.25) is 0 Å². The number of phenolic OH excluding ortho intramolecular Hbond substituents is 1. The fraction of sp³-hybridized carbons (Fsp3) is 0.379. The average Bonchev–Trinajstić information content (AvgIpc) is 3.39. The van der Waals surface area contributed by atoms with Crippen molar-refractivity contribution in [3.63, 3.8) is 0 Å². The molecule has 1 aliphatic carbocycles. The van der Waals surface area contributed by atoms with E-state index in [1.807, 2.05) is 55.5 Å². The fourth-order valence-corrected chi connectivity index (χ4v) is 6.17. The highest BCUT2D eigenvalue weighted by Gasteiger charge is 2.56. The molecule has 5 rings (SSSR count). The first kappa shape index (κ1) is 24.8. The Bertz CT molecular complexity index is 1240. The number of carbonyl (C=O) groups is 2. The molecular formula is C29H30BrNO5. The zero-order valence-electron chi connectivity index (χ0n) is 20.4. The van der Waals surface area contributed by atoms with E-state index < -0.39 is 0 Å². The van der Waals surface area contributed by atoms with Crippen LogP contribution in [0.3, 0.4) is 0 Å². The second-order valence-electron chi connectivity index (χ2n) is 9.89. The number of hydrogen-bond acceptors (Lipinski definition) is 5. The number of para-hydroxylation sites is 1. The SMILES string of the molecule is C/C(=C\c1cc(Br)ccc1O)CC[C@H]1OC[C@H]2C1=C(COc1ccccc1)C[C@H]1C(=O)N(C)C(=O)[C@H]12. The van der Waals surface area contributed by atoms with E-state index in [4.69, 9.17) is 9.47 Å². The summed E-state index contributed by atoms with van der Waals surface area (Å²) in [6.07, 6.45) is 3.93. The summed E-state index contributed by atoms with van der Waals surface area (Å²) in [5, 5.41) is 10.2. The van der Waals surface area contributed by atoms with Crippen LogP contribution in [0.4, 0.5) is 0 Å². The minimum Gasteiger partial charge on any atom is -0.507 e. The molecule has 2 amide bonds. The highest BCUT2D eigenvalue weighted by Crippen LogP contribution is 2.49. The zero-order valence-corrected chi connectivity index (χ0v) is 22.0. The first-order chi connectivity index (χ1) is 17.3. The van der Waals surface area contributed by atoms with Gasteiger partial charge in [0.2, 0.25) is 11.8 Å². The lowest BCUT2D eigenvalue weighted by Gasteiger charge is -2.31. The summed E-state index contributed by atoms with van der Waals surface area (Å²) in [6, 6.07) is 15.0. The third-order valence-corrected chi connectivity index (χ3v) is 8.07. The van der Waals surface area contributed by atoms with Crippen molar-refractivity contribution in [2.45, 2.75) is 32.3 Å². The van der Waals surface area contributed by atoms with E-state index in [0.717, 1.165) is 45.3 Å². The minimum absolute atomic E-state index is 0.0945. The van der Waals surface area contributed by atoms with Gasteiger partial charge in [0.1, 0.15) is 18.1 Å². The van der Waals surface area contributed by atoms with E-state index in [1.54, 1.807) is 13.1 Å². The summed E-state index contributed by atoms with van der Waals surface area (Å²) in [5.41, 5.74) is 4.11. The van der Waals surface area contributed by atoms with Crippen LogP contribution in [0.1, 0.15) is 31.7 Å². The van der Waals surface area contributed by atoms with Crippen molar-refractivity contribution < 1.29 is 24.2 Å². The molecular weight excluding hydrogens is 522 g/mol. The van der Waals surface area contributed by atoms with E-state index in [9.17, 15) is 14.7 Å². The van der Waals surface area contributed by atoms with Crippen molar-refractivity contribution in [2.24, 2.45) is 17.8 Å². The smallest absolute Gasteiger partial charge is 0.233 e. The molecule has 0 spiro atoms. The second kappa shape index (κ2) is 10.2. The third-order valence-electron chi connectivity index (χ3n) is 7.58. The van der Waals surface area contributed by atoms with Gasteiger partial charge in [-0.3, -0.25) is 14.5 Å². The summed E-state index contributed by atoms with van der Waals surface area (Å²) >= 11 is 3.46. The summed E-state index contributed by atoms with van der Waals surface area (Å²) in [5.74, 6) is 0.0384. The summed E-state index contributed by atoms with van der Waals surface area (Å²) in [7, 11) is 1.58. The van der Waals surface area contributed by atoms with Crippen molar-refractivity contribution in [2.75, 3.05) is 20.3 Å². The number of aromatic hydroxyl groups is 1. The van der Waals surface area contributed by atoms with Crippen LogP contribution in [0.25, 0.3) is 6.08 Å². The van der Waals surface area contributed by atoms with Crippen LogP contribution in [0, 0.1) is 17.8 Å². The van der Waals surface area contributed by atoms with Crippen LogP contribution in [0.5, 0.6) is 11.5 Å². The van der Waals surface area contributed by atoms with Gasteiger partial charge >= 0.3 is 0 Å². The van der Waals surface area contributed by atoms with E-state index in [-0.39, 0.29) is 41.4 Å². The minimum atomic E-state index is -0.349. The van der Waals surface area contributed by atoms with Gasteiger partial charge in [-0.1, -0.05) is 45.8 Å². The standard InChI is InChI=1S/C29H30BrNO5/c1-17(12-18-13-20(30)9-10-24(18)32)8-11-25-26-19(15-35-21-6-4-3-5-7-21)14-22-27(23(26)16-36-25)29(34)31(2)28(22)33/h3-7,9-10,12-13,22-23,25,27,32H,8,11,14-16H2,1-2H3/b17-12+/t22-,23+,25-,27-/m1/s1.